The van der Waals surface area contributed by atoms with E-state index in [9.17, 15) is 4.79 Å². The van der Waals surface area contributed by atoms with E-state index < -0.39 is 0 Å². The average molecular weight is 283 g/mol. The van der Waals surface area contributed by atoms with Gasteiger partial charge in [0.15, 0.2) is 0 Å². The summed E-state index contributed by atoms with van der Waals surface area (Å²) in [6.45, 7) is 7.77. The number of anilines is 1. The van der Waals surface area contributed by atoms with Gasteiger partial charge in [-0.25, -0.2) is 0 Å². The number of aromatic nitrogens is 1. The van der Waals surface area contributed by atoms with Crippen molar-refractivity contribution >= 4 is 23.4 Å². The molecule has 4 nitrogen and oxygen atoms in total. The highest BCUT2D eigenvalue weighted by molar-refractivity contribution is 8.00. The largest absolute Gasteiger partial charge is 0.397 e. The number of nitrogens with one attached hydrogen (secondary N) is 1. The van der Waals surface area contributed by atoms with Crippen LogP contribution in [0.15, 0.2) is 12.3 Å². The predicted molar refractivity (Wildman–Crippen MR) is 83.7 cm³/mol. The van der Waals surface area contributed by atoms with E-state index in [4.69, 9.17) is 5.73 Å². The molecule has 5 heteroatoms. The Kier molecular flexibility index (Phi) is 5.79. The van der Waals surface area contributed by atoms with E-state index in [0.717, 1.165) is 19.4 Å². The van der Waals surface area contributed by atoms with Crippen LogP contribution in [0.5, 0.6) is 0 Å². The van der Waals surface area contributed by atoms with Crippen LogP contribution in [-0.4, -0.2) is 28.0 Å². The normalized spacial score (nSPS) is 11.6. The molecule has 0 aliphatic rings. The molecule has 1 rings (SSSR count). The lowest BCUT2D eigenvalue weighted by molar-refractivity contribution is 0.0940. The maximum absolute atomic E-state index is 12.2. The first-order valence-corrected chi connectivity index (χ1v) is 8.03. The van der Waals surface area contributed by atoms with Gasteiger partial charge >= 0.3 is 0 Å². The van der Waals surface area contributed by atoms with Crippen molar-refractivity contribution in [2.75, 3.05) is 18.5 Å². The third kappa shape index (κ3) is 3.69. The average Bonchev–Trinajstić information content (AvgIpc) is 2.82. The van der Waals surface area contributed by atoms with Gasteiger partial charge in [0.1, 0.15) is 5.69 Å². The zero-order chi connectivity index (χ0) is 14.5. The van der Waals surface area contributed by atoms with E-state index in [-0.39, 0.29) is 10.7 Å². The summed E-state index contributed by atoms with van der Waals surface area (Å²) in [5, 5.41) is 3.04. The summed E-state index contributed by atoms with van der Waals surface area (Å²) < 4.78 is 2.01. The van der Waals surface area contributed by atoms with Gasteiger partial charge in [-0.05, 0) is 32.1 Å². The zero-order valence-corrected chi connectivity index (χ0v) is 13.1. The van der Waals surface area contributed by atoms with Crippen LogP contribution in [-0.2, 0) is 6.54 Å². The number of aryl methyl sites for hydroxylation is 1. The molecule has 0 saturated carbocycles. The fraction of sp³-hybridized carbons (Fsp3) is 0.643. The molecule has 0 fully saturated rings. The standard InChI is InChI=1S/C14H25N3OS/c1-5-14(6-2,19-4)10-16-13(18)12-8-11(15)9-17(12)7-3/h8-9H,5-7,10,15H2,1-4H3,(H,16,18). The van der Waals surface area contributed by atoms with Crippen molar-refractivity contribution in [3.8, 4) is 0 Å². The van der Waals surface area contributed by atoms with Crippen LogP contribution >= 0.6 is 11.8 Å². The van der Waals surface area contributed by atoms with Crippen molar-refractivity contribution in [1.29, 1.82) is 0 Å². The van der Waals surface area contributed by atoms with Crippen LogP contribution in [0, 0.1) is 0 Å². The number of thioether (sulfide) groups is 1. The van der Waals surface area contributed by atoms with Crippen molar-refractivity contribution in [2.24, 2.45) is 0 Å². The van der Waals surface area contributed by atoms with Gasteiger partial charge in [-0.15, -0.1) is 0 Å². The van der Waals surface area contributed by atoms with Gasteiger partial charge in [0.05, 0.1) is 5.69 Å². The molecule has 0 aliphatic heterocycles. The van der Waals surface area contributed by atoms with E-state index in [0.29, 0.717) is 17.9 Å². The molecule has 0 radical (unpaired) electrons. The Bertz CT molecular complexity index is 416. The van der Waals surface area contributed by atoms with Crippen LogP contribution in [0.1, 0.15) is 44.1 Å². The molecule has 0 aromatic carbocycles. The van der Waals surface area contributed by atoms with Gasteiger partial charge in [-0.1, -0.05) is 13.8 Å². The van der Waals surface area contributed by atoms with E-state index in [1.54, 1.807) is 12.3 Å². The second-order valence-corrected chi connectivity index (χ2v) is 6.00. The quantitative estimate of drug-likeness (QED) is 0.809. The molecule has 108 valence electrons. The zero-order valence-electron chi connectivity index (χ0n) is 12.3. The lowest BCUT2D eigenvalue weighted by Crippen LogP contribution is -2.40. The van der Waals surface area contributed by atoms with Crippen LogP contribution in [0.4, 0.5) is 5.69 Å². The number of nitrogens with zero attached hydrogens (tertiary/aromatic N) is 1. The van der Waals surface area contributed by atoms with Crippen molar-refractivity contribution in [1.82, 2.24) is 9.88 Å². The Balaban J connectivity index is 2.74. The number of rotatable bonds is 7. The fourth-order valence-corrected chi connectivity index (χ4v) is 2.97. The summed E-state index contributed by atoms with van der Waals surface area (Å²) in [6, 6.07) is 1.73. The van der Waals surface area contributed by atoms with Crippen molar-refractivity contribution in [3.05, 3.63) is 18.0 Å². The molecular weight excluding hydrogens is 258 g/mol. The molecule has 1 amide bonds. The lowest BCUT2D eigenvalue weighted by atomic mass is 10.0. The molecule has 1 heterocycles. The number of carbonyl (C=O) groups excluding carboxylic acids is 1. The number of nitrogen functional groups attached to an aromatic ring is 1. The first kappa shape index (κ1) is 16.0. The summed E-state index contributed by atoms with van der Waals surface area (Å²) in [5.74, 6) is -0.0427. The maximum atomic E-state index is 12.2. The Labute approximate surface area is 120 Å². The number of hydrogen-bond donors (Lipinski definition) is 2. The monoisotopic (exact) mass is 283 g/mol. The molecule has 0 bridgehead atoms. The highest BCUT2D eigenvalue weighted by Crippen LogP contribution is 2.29. The molecular formula is C14H25N3OS. The molecule has 0 spiro atoms. The van der Waals surface area contributed by atoms with Crippen molar-refractivity contribution in [2.45, 2.75) is 44.9 Å². The minimum Gasteiger partial charge on any atom is -0.397 e. The van der Waals surface area contributed by atoms with E-state index in [2.05, 4.69) is 25.4 Å². The number of amides is 1. The van der Waals surface area contributed by atoms with Crippen molar-refractivity contribution in [3.63, 3.8) is 0 Å². The van der Waals surface area contributed by atoms with E-state index in [1.807, 2.05) is 23.3 Å². The van der Waals surface area contributed by atoms with E-state index in [1.165, 1.54) is 0 Å². The SMILES string of the molecule is CCn1cc(N)cc1C(=O)NCC(CC)(CC)SC. The summed E-state index contributed by atoms with van der Waals surface area (Å²) in [6.07, 6.45) is 5.99. The van der Waals surface area contributed by atoms with Gasteiger partial charge in [0, 0.05) is 24.0 Å². The van der Waals surface area contributed by atoms with Crippen molar-refractivity contribution < 1.29 is 4.79 Å². The molecule has 0 atom stereocenters. The second kappa shape index (κ2) is 6.89. The molecule has 0 unspecified atom stereocenters. The summed E-state index contributed by atoms with van der Waals surface area (Å²) >= 11 is 1.82. The highest BCUT2D eigenvalue weighted by Gasteiger charge is 2.26. The molecule has 1 aromatic heterocycles. The highest BCUT2D eigenvalue weighted by atomic mass is 32.2. The molecule has 0 aliphatic carbocycles. The minimum atomic E-state index is -0.0427. The first-order chi connectivity index (χ1) is 9.01. The minimum absolute atomic E-state index is 0.0427. The molecule has 0 saturated heterocycles. The fourth-order valence-electron chi connectivity index (χ4n) is 2.18. The number of nitrogens with two attached hydrogens (primary N) is 1. The Morgan fingerprint density at radius 2 is 2.05 bits per heavy atom. The Morgan fingerprint density at radius 3 is 2.53 bits per heavy atom. The van der Waals surface area contributed by atoms with Crippen LogP contribution in [0.25, 0.3) is 0 Å². The number of hydrogen-bond acceptors (Lipinski definition) is 3. The predicted octanol–water partition coefficient (Wildman–Crippen LogP) is 2.74. The van der Waals surface area contributed by atoms with Gasteiger partial charge in [-0.2, -0.15) is 11.8 Å². The smallest absolute Gasteiger partial charge is 0.268 e. The summed E-state index contributed by atoms with van der Waals surface area (Å²) in [5.41, 5.74) is 7.02. The Morgan fingerprint density at radius 1 is 1.42 bits per heavy atom. The Hall–Kier alpha value is -1.10. The maximum Gasteiger partial charge on any atom is 0.268 e. The van der Waals surface area contributed by atoms with Crippen LogP contribution in [0.3, 0.4) is 0 Å². The van der Waals surface area contributed by atoms with Gasteiger partial charge in [0.25, 0.3) is 5.91 Å². The van der Waals surface area contributed by atoms with Gasteiger partial charge < -0.3 is 15.6 Å². The van der Waals surface area contributed by atoms with Crippen LogP contribution in [0.2, 0.25) is 0 Å². The topological polar surface area (TPSA) is 60.0 Å². The third-order valence-electron chi connectivity index (χ3n) is 3.78. The second-order valence-electron chi connectivity index (χ2n) is 4.72. The summed E-state index contributed by atoms with van der Waals surface area (Å²) in [4.78, 5) is 12.2. The number of carbonyl (C=O) groups is 1. The van der Waals surface area contributed by atoms with Gasteiger partial charge in [-0.3, -0.25) is 4.79 Å². The summed E-state index contributed by atoms with van der Waals surface area (Å²) in [7, 11) is 0. The lowest BCUT2D eigenvalue weighted by Gasteiger charge is -2.29. The molecule has 19 heavy (non-hydrogen) atoms. The van der Waals surface area contributed by atoms with Crippen LogP contribution < -0.4 is 11.1 Å². The first-order valence-electron chi connectivity index (χ1n) is 6.80. The molecule has 3 N–H and O–H groups in total. The van der Waals surface area contributed by atoms with E-state index >= 15 is 0 Å². The molecule has 1 aromatic rings. The van der Waals surface area contributed by atoms with Gasteiger partial charge in [0.2, 0.25) is 0 Å². The third-order valence-corrected chi connectivity index (χ3v) is 5.37.